The van der Waals surface area contributed by atoms with Gasteiger partial charge in [-0.1, -0.05) is 6.92 Å². The van der Waals surface area contributed by atoms with E-state index in [0.29, 0.717) is 0 Å². The molecule has 0 spiro atoms. The molecule has 3 nitrogen and oxygen atoms in total. The second-order valence-electron chi connectivity index (χ2n) is 4.10. The minimum Gasteiger partial charge on any atom is -0.310 e. The highest BCUT2D eigenvalue weighted by molar-refractivity contribution is 5.02. The number of rotatable bonds is 3. The largest absolute Gasteiger partial charge is 0.310 e. The first-order valence-corrected chi connectivity index (χ1v) is 5.05. The summed E-state index contributed by atoms with van der Waals surface area (Å²) in [7, 11) is 0. The number of hydrogen-bond donors (Lipinski definition) is 2. The standard InChI is InChI=1S/C10H17N3/c1-8-2-3-10(4-8)11-5-9-6-12-13-7-9/h6-8,10-11H,2-5H2,1H3,(H,12,13). The molecule has 1 aromatic rings. The third-order valence-electron chi connectivity index (χ3n) is 2.84. The van der Waals surface area contributed by atoms with Crippen molar-refractivity contribution in [3.63, 3.8) is 0 Å². The third kappa shape index (κ3) is 2.31. The molecular formula is C10H17N3. The van der Waals surface area contributed by atoms with Crippen LogP contribution in [0.1, 0.15) is 31.7 Å². The second kappa shape index (κ2) is 3.92. The normalized spacial score (nSPS) is 28.1. The average molecular weight is 179 g/mol. The average Bonchev–Trinajstić information content (AvgIpc) is 2.71. The van der Waals surface area contributed by atoms with Crippen LogP contribution in [0.25, 0.3) is 0 Å². The Morgan fingerprint density at radius 2 is 2.54 bits per heavy atom. The molecule has 1 aliphatic carbocycles. The number of H-pyrrole nitrogens is 1. The maximum atomic E-state index is 3.92. The van der Waals surface area contributed by atoms with Crippen LogP contribution in [-0.2, 0) is 6.54 Å². The van der Waals surface area contributed by atoms with Gasteiger partial charge in [0.05, 0.1) is 6.20 Å². The van der Waals surface area contributed by atoms with Gasteiger partial charge in [-0.3, -0.25) is 5.10 Å². The molecule has 3 heteroatoms. The summed E-state index contributed by atoms with van der Waals surface area (Å²) in [6.45, 7) is 3.29. The minimum absolute atomic E-state index is 0.727. The van der Waals surface area contributed by atoms with Gasteiger partial charge < -0.3 is 5.32 Å². The Hall–Kier alpha value is -0.830. The number of hydrogen-bond acceptors (Lipinski definition) is 2. The maximum Gasteiger partial charge on any atom is 0.0532 e. The van der Waals surface area contributed by atoms with E-state index >= 15 is 0 Å². The van der Waals surface area contributed by atoms with Gasteiger partial charge in [0.15, 0.2) is 0 Å². The lowest BCUT2D eigenvalue weighted by atomic mass is 10.1. The van der Waals surface area contributed by atoms with Gasteiger partial charge in [-0.05, 0) is 25.2 Å². The predicted octanol–water partition coefficient (Wildman–Crippen LogP) is 1.69. The Balaban J connectivity index is 1.74. The van der Waals surface area contributed by atoms with Gasteiger partial charge in [0.1, 0.15) is 0 Å². The van der Waals surface area contributed by atoms with E-state index in [1.54, 1.807) is 0 Å². The van der Waals surface area contributed by atoms with Gasteiger partial charge in [-0.25, -0.2) is 0 Å². The summed E-state index contributed by atoms with van der Waals surface area (Å²) in [5.74, 6) is 0.904. The molecule has 1 heterocycles. The summed E-state index contributed by atoms with van der Waals surface area (Å²) in [6, 6.07) is 0.727. The fourth-order valence-corrected chi connectivity index (χ4v) is 2.03. The number of nitrogens with one attached hydrogen (secondary N) is 2. The molecule has 0 saturated heterocycles. The van der Waals surface area contributed by atoms with Gasteiger partial charge in [0.25, 0.3) is 0 Å². The van der Waals surface area contributed by atoms with Crippen molar-refractivity contribution < 1.29 is 0 Å². The van der Waals surface area contributed by atoms with Crippen LogP contribution in [0.5, 0.6) is 0 Å². The Morgan fingerprint density at radius 3 is 3.15 bits per heavy atom. The molecule has 1 aromatic heterocycles. The molecule has 1 saturated carbocycles. The first-order chi connectivity index (χ1) is 6.34. The van der Waals surface area contributed by atoms with Crippen molar-refractivity contribution in [2.45, 2.75) is 38.8 Å². The molecule has 2 N–H and O–H groups in total. The highest BCUT2D eigenvalue weighted by Gasteiger charge is 2.20. The smallest absolute Gasteiger partial charge is 0.0532 e. The van der Waals surface area contributed by atoms with Crippen molar-refractivity contribution >= 4 is 0 Å². The molecule has 0 bridgehead atoms. The van der Waals surface area contributed by atoms with E-state index in [9.17, 15) is 0 Å². The molecule has 13 heavy (non-hydrogen) atoms. The Bertz CT molecular complexity index is 243. The number of aromatic amines is 1. The molecule has 0 amide bonds. The molecule has 2 rings (SSSR count). The van der Waals surface area contributed by atoms with Crippen molar-refractivity contribution in [2.75, 3.05) is 0 Å². The molecule has 0 radical (unpaired) electrons. The first kappa shape index (κ1) is 8.75. The highest BCUT2D eigenvalue weighted by Crippen LogP contribution is 2.24. The van der Waals surface area contributed by atoms with Gasteiger partial charge in [-0.15, -0.1) is 0 Å². The van der Waals surface area contributed by atoms with Crippen LogP contribution in [0, 0.1) is 5.92 Å². The van der Waals surface area contributed by atoms with Crippen molar-refractivity contribution in [3.8, 4) is 0 Å². The zero-order valence-corrected chi connectivity index (χ0v) is 8.09. The predicted molar refractivity (Wildman–Crippen MR) is 52.2 cm³/mol. The summed E-state index contributed by atoms with van der Waals surface area (Å²) in [5.41, 5.74) is 1.25. The lowest BCUT2D eigenvalue weighted by Crippen LogP contribution is -2.25. The van der Waals surface area contributed by atoms with Gasteiger partial charge in [0, 0.05) is 24.3 Å². The van der Waals surface area contributed by atoms with Gasteiger partial charge in [-0.2, -0.15) is 5.10 Å². The van der Waals surface area contributed by atoms with Gasteiger partial charge in [0.2, 0.25) is 0 Å². The molecule has 1 aliphatic rings. The summed E-state index contributed by atoms with van der Waals surface area (Å²) in [5, 5.41) is 10.3. The van der Waals surface area contributed by atoms with E-state index in [1.165, 1.54) is 24.8 Å². The fraction of sp³-hybridized carbons (Fsp3) is 0.700. The Morgan fingerprint density at radius 1 is 1.62 bits per heavy atom. The summed E-state index contributed by atoms with van der Waals surface area (Å²) in [4.78, 5) is 0. The molecular weight excluding hydrogens is 162 g/mol. The Kier molecular flexibility index (Phi) is 2.64. The fourth-order valence-electron chi connectivity index (χ4n) is 2.03. The second-order valence-corrected chi connectivity index (χ2v) is 4.10. The molecule has 2 atom stereocenters. The van der Waals surface area contributed by atoms with Crippen LogP contribution in [0.15, 0.2) is 12.4 Å². The number of aromatic nitrogens is 2. The first-order valence-electron chi connectivity index (χ1n) is 5.05. The highest BCUT2D eigenvalue weighted by atomic mass is 15.1. The van der Waals surface area contributed by atoms with Crippen molar-refractivity contribution in [2.24, 2.45) is 5.92 Å². The third-order valence-corrected chi connectivity index (χ3v) is 2.84. The molecule has 2 unspecified atom stereocenters. The van der Waals surface area contributed by atoms with Gasteiger partial charge >= 0.3 is 0 Å². The quantitative estimate of drug-likeness (QED) is 0.741. The van der Waals surface area contributed by atoms with Crippen LogP contribution >= 0.6 is 0 Å². The van der Waals surface area contributed by atoms with E-state index < -0.39 is 0 Å². The lowest BCUT2D eigenvalue weighted by molar-refractivity contribution is 0.502. The zero-order chi connectivity index (χ0) is 9.10. The monoisotopic (exact) mass is 179 g/mol. The van der Waals surface area contributed by atoms with Crippen LogP contribution < -0.4 is 5.32 Å². The summed E-state index contributed by atoms with van der Waals surface area (Å²) >= 11 is 0. The van der Waals surface area contributed by atoms with E-state index in [1.807, 2.05) is 12.4 Å². The molecule has 1 fully saturated rings. The van der Waals surface area contributed by atoms with Crippen LogP contribution in [0.4, 0.5) is 0 Å². The molecule has 0 aliphatic heterocycles. The topological polar surface area (TPSA) is 40.7 Å². The lowest BCUT2D eigenvalue weighted by Gasteiger charge is -2.10. The molecule has 72 valence electrons. The van der Waals surface area contributed by atoms with Crippen molar-refractivity contribution in [3.05, 3.63) is 18.0 Å². The Labute approximate surface area is 78.9 Å². The van der Waals surface area contributed by atoms with E-state index in [2.05, 4.69) is 22.4 Å². The van der Waals surface area contributed by atoms with Crippen molar-refractivity contribution in [1.29, 1.82) is 0 Å². The van der Waals surface area contributed by atoms with Crippen LogP contribution in [0.2, 0.25) is 0 Å². The zero-order valence-electron chi connectivity index (χ0n) is 8.09. The van der Waals surface area contributed by atoms with E-state index in [0.717, 1.165) is 18.5 Å². The molecule has 0 aromatic carbocycles. The van der Waals surface area contributed by atoms with Crippen LogP contribution in [0.3, 0.4) is 0 Å². The van der Waals surface area contributed by atoms with E-state index in [4.69, 9.17) is 0 Å². The maximum absolute atomic E-state index is 3.92. The van der Waals surface area contributed by atoms with E-state index in [-0.39, 0.29) is 0 Å². The van der Waals surface area contributed by atoms with Crippen LogP contribution in [-0.4, -0.2) is 16.2 Å². The van der Waals surface area contributed by atoms with Crippen molar-refractivity contribution in [1.82, 2.24) is 15.5 Å². The number of nitrogens with zero attached hydrogens (tertiary/aromatic N) is 1. The SMILES string of the molecule is CC1CCC(NCc2cn[nH]c2)C1. The summed E-state index contributed by atoms with van der Waals surface area (Å²) in [6.07, 6.45) is 7.87. The minimum atomic E-state index is 0.727. The summed E-state index contributed by atoms with van der Waals surface area (Å²) < 4.78 is 0.